The second kappa shape index (κ2) is 7.88. The molecule has 0 saturated carbocycles. The number of nitrogens with zero attached hydrogens (tertiary/aromatic N) is 1. The summed E-state index contributed by atoms with van der Waals surface area (Å²) < 4.78 is 44.0. The quantitative estimate of drug-likeness (QED) is 0.770. The van der Waals surface area contributed by atoms with Crippen molar-refractivity contribution in [2.24, 2.45) is 0 Å². The van der Waals surface area contributed by atoms with Crippen molar-refractivity contribution in [2.75, 3.05) is 13.2 Å². The summed E-state index contributed by atoms with van der Waals surface area (Å²) in [7, 11) is -3.75. The molecule has 0 amide bonds. The van der Waals surface area contributed by atoms with Crippen LogP contribution in [-0.2, 0) is 10.0 Å². The molecule has 1 atom stereocenters. The van der Waals surface area contributed by atoms with Crippen molar-refractivity contribution in [3.05, 3.63) is 35.2 Å². The van der Waals surface area contributed by atoms with Crippen LogP contribution in [-0.4, -0.2) is 26.8 Å². The van der Waals surface area contributed by atoms with Gasteiger partial charge in [-0.1, -0.05) is 11.2 Å². The highest BCUT2D eigenvalue weighted by Gasteiger charge is 2.26. The van der Waals surface area contributed by atoms with Crippen LogP contribution in [0.4, 0.5) is 0 Å². The van der Waals surface area contributed by atoms with Crippen LogP contribution in [0.2, 0.25) is 0 Å². The van der Waals surface area contributed by atoms with Crippen LogP contribution >= 0.6 is 0 Å². The van der Waals surface area contributed by atoms with Gasteiger partial charge in [-0.2, -0.15) is 0 Å². The van der Waals surface area contributed by atoms with E-state index in [-0.39, 0.29) is 10.7 Å². The molecule has 0 aliphatic heterocycles. The molecule has 0 aliphatic carbocycles. The first kappa shape index (κ1) is 19.3. The van der Waals surface area contributed by atoms with Crippen LogP contribution < -0.4 is 14.2 Å². The van der Waals surface area contributed by atoms with Crippen LogP contribution in [0.15, 0.2) is 27.6 Å². The molecule has 1 aromatic carbocycles. The Morgan fingerprint density at radius 3 is 2.36 bits per heavy atom. The molecule has 0 spiro atoms. The molecular formula is C17H24N2O5S. The first-order chi connectivity index (χ1) is 11.8. The van der Waals surface area contributed by atoms with E-state index in [1.165, 1.54) is 0 Å². The lowest BCUT2D eigenvalue weighted by Gasteiger charge is -2.17. The Morgan fingerprint density at radius 1 is 1.16 bits per heavy atom. The van der Waals surface area contributed by atoms with E-state index in [2.05, 4.69) is 9.88 Å². The molecule has 1 N–H and O–H groups in total. The van der Waals surface area contributed by atoms with Gasteiger partial charge >= 0.3 is 0 Å². The Labute approximate surface area is 148 Å². The minimum atomic E-state index is -3.75. The Bertz CT molecular complexity index is 810. The van der Waals surface area contributed by atoms with E-state index in [9.17, 15) is 8.42 Å². The fraction of sp³-hybridized carbons (Fsp3) is 0.471. The molecule has 25 heavy (non-hydrogen) atoms. The summed E-state index contributed by atoms with van der Waals surface area (Å²) in [4.78, 5) is 0.0790. The Hall–Kier alpha value is -2.06. The summed E-state index contributed by atoms with van der Waals surface area (Å²) in [5.74, 6) is 1.48. The number of hydrogen-bond donors (Lipinski definition) is 1. The summed E-state index contributed by atoms with van der Waals surface area (Å²) in [5.41, 5.74) is 1.10. The van der Waals surface area contributed by atoms with Gasteiger partial charge < -0.3 is 14.0 Å². The van der Waals surface area contributed by atoms with Gasteiger partial charge in [0.25, 0.3) is 0 Å². The number of rotatable bonds is 8. The monoisotopic (exact) mass is 368 g/mol. The minimum Gasteiger partial charge on any atom is -0.490 e. The SMILES string of the molecule is CCOc1ccc([C@H](C)NS(=O)(=O)c2c(C)noc2C)cc1OCC. The maximum absolute atomic E-state index is 12.6. The molecular weight excluding hydrogens is 344 g/mol. The fourth-order valence-corrected chi connectivity index (χ4v) is 4.12. The maximum atomic E-state index is 12.6. The van der Waals surface area contributed by atoms with Crippen molar-refractivity contribution in [1.29, 1.82) is 0 Å². The predicted octanol–water partition coefficient (Wildman–Crippen LogP) is 3.13. The van der Waals surface area contributed by atoms with Crippen molar-refractivity contribution >= 4 is 10.0 Å². The van der Waals surface area contributed by atoms with Crippen LogP contribution in [0.25, 0.3) is 0 Å². The first-order valence-electron chi connectivity index (χ1n) is 8.14. The van der Waals surface area contributed by atoms with Gasteiger partial charge in [0.2, 0.25) is 10.0 Å². The lowest BCUT2D eigenvalue weighted by molar-refractivity contribution is 0.287. The van der Waals surface area contributed by atoms with Crippen molar-refractivity contribution in [1.82, 2.24) is 9.88 Å². The molecule has 0 fully saturated rings. The molecule has 138 valence electrons. The van der Waals surface area contributed by atoms with Crippen molar-refractivity contribution in [3.63, 3.8) is 0 Å². The van der Waals surface area contributed by atoms with Gasteiger partial charge in [-0.3, -0.25) is 0 Å². The second-order valence-electron chi connectivity index (χ2n) is 5.57. The predicted molar refractivity (Wildman–Crippen MR) is 93.5 cm³/mol. The molecule has 0 aliphatic rings. The summed E-state index contributed by atoms with van der Waals surface area (Å²) >= 11 is 0. The van der Waals surface area contributed by atoms with E-state index >= 15 is 0 Å². The van der Waals surface area contributed by atoms with E-state index in [4.69, 9.17) is 14.0 Å². The zero-order valence-corrected chi connectivity index (χ0v) is 15.9. The molecule has 0 radical (unpaired) electrons. The van der Waals surface area contributed by atoms with Crippen LogP contribution in [0.1, 0.15) is 43.8 Å². The third-order valence-corrected chi connectivity index (χ3v) is 5.42. The summed E-state index contributed by atoms with van der Waals surface area (Å²) in [6, 6.07) is 4.92. The first-order valence-corrected chi connectivity index (χ1v) is 9.63. The van der Waals surface area contributed by atoms with E-state index in [1.807, 2.05) is 19.9 Å². The lowest BCUT2D eigenvalue weighted by Crippen LogP contribution is -2.27. The minimum absolute atomic E-state index is 0.0790. The number of nitrogens with one attached hydrogen (secondary N) is 1. The lowest BCUT2D eigenvalue weighted by atomic mass is 10.1. The third-order valence-electron chi connectivity index (χ3n) is 3.64. The topological polar surface area (TPSA) is 90.7 Å². The Morgan fingerprint density at radius 2 is 1.80 bits per heavy atom. The van der Waals surface area contributed by atoms with Crippen LogP contribution in [0.3, 0.4) is 0 Å². The molecule has 1 heterocycles. The Balaban J connectivity index is 2.28. The number of aryl methyl sites for hydroxylation is 2. The van der Waals surface area contributed by atoms with Gasteiger partial charge in [0.05, 0.1) is 13.2 Å². The number of sulfonamides is 1. The van der Waals surface area contributed by atoms with Crippen molar-refractivity contribution < 1.29 is 22.4 Å². The molecule has 0 bridgehead atoms. The van der Waals surface area contributed by atoms with E-state index in [0.29, 0.717) is 30.4 Å². The zero-order chi connectivity index (χ0) is 18.6. The highest BCUT2D eigenvalue weighted by molar-refractivity contribution is 7.89. The molecule has 2 rings (SSSR count). The standard InChI is InChI=1S/C17H24N2O5S/c1-6-22-15-9-8-14(10-16(15)23-7-2)11(3)19-25(20,21)17-12(4)18-24-13(17)5/h8-11,19H,6-7H2,1-5H3/t11-/m0/s1. The molecule has 8 heteroatoms. The summed E-state index contributed by atoms with van der Waals surface area (Å²) in [6.07, 6.45) is 0. The van der Waals surface area contributed by atoms with Crippen molar-refractivity contribution in [3.8, 4) is 11.5 Å². The fourth-order valence-electron chi connectivity index (χ4n) is 2.56. The van der Waals surface area contributed by atoms with Gasteiger partial charge in [0.15, 0.2) is 17.3 Å². The van der Waals surface area contributed by atoms with Gasteiger partial charge in [-0.05, 0) is 52.3 Å². The largest absolute Gasteiger partial charge is 0.490 e. The average molecular weight is 368 g/mol. The van der Waals surface area contributed by atoms with Gasteiger partial charge in [-0.15, -0.1) is 0 Å². The highest BCUT2D eigenvalue weighted by atomic mass is 32.2. The number of ether oxygens (including phenoxy) is 2. The van der Waals surface area contributed by atoms with E-state index < -0.39 is 16.1 Å². The zero-order valence-electron chi connectivity index (χ0n) is 15.1. The molecule has 0 unspecified atom stereocenters. The molecule has 0 saturated heterocycles. The molecule has 1 aromatic heterocycles. The summed E-state index contributed by atoms with van der Waals surface area (Å²) in [5, 5.41) is 3.70. The normalized spacial score (nSPS) is 12.8. The average Bonchev–Trinajstić information content (AvgIpc) is 2.88. The smallest absolute Gasteiger partial charge is 0.246 e. The molecule has 2 aromatic rings. The number of benzene rings is 1. The summed E-state index contributed by atoms with van der Waals surface area (Å²) in [6.45, 7) is 9.72. The third kappa shape index (κ3) is 4.32. The Kier molecular flexibility index (Phi) is 6.07. The second-order valence-corrected chi connectivity index (χ2v) is 7.22. The highest BCUT2D eigenvalue weighted by Crippen LogP contribution is 2.31. The van der Waals surface area contributed by atoms with Crippen molar-refractivity contribution in [2.45, 2.75) is 45.6 Å². The molecule has 7 nitrogen and oxygen atoms in total. The van der Waals surface area contributed by atoms with Crippen LogP contribution in [0, 0.1) is 13.8 Å². The number of hydrogen-bond acceptors (Lipinski definition) is 6. The van der Waals surface area contributed by atoms with Gasteiger partial charge in [0, 0.05) is 6.04 Å². The van der Waals surface area contributed by atoms with Crippen LogP contribution in [0.5, 0.6) is 11.5 Å². The van der Waals surface area contributed by atoms with E-state index in [1.54, 1.807) is 32.9 Å². The van der Waals surface area contributed by atoms with E-state index in [0.717, 1.165) is 5.56 Å². The van der Waals surface area contributed by atoms with Gasteiger partial charge in [0.1, 0.15) is 10.6 Å². The number of aromatic nitrogens is 1. The maximum Gasteiger partial charge on any atom is 0.246 e. The van der Waals surface area contributed by atoms with Gasteiger partial charge in [-0.25, -0.2) is 13.1 Å².